The maximum Gasteiger partial charge on any atom is 0.244 e. The fourth-order valence-corrected chi connectivity index (χ4v) is 4.68. The molecule has 9 heteroatoms. The van der Waals surface area contributed by atoms with Crippen molar-refractivity contribution < 1.29 is 14.3 Å². The number of nitriles is 1. The van der Waals surface area contributed by atoms with Crippen LogP contribution < -0.4 is 5.32 Å². The molecule has 0 bridgehead atoms. The first-order chi connectivity index (χ1) is 17.3. The molecule has 2 aromatic heterocycles. The van der Waals surface area contributed by atoms with Crippen molar-refractivity contribution in [2.45, 2.75) is 59.5 Å². The highest BCUT2D eigenvalue weighted by atomic mass is 16.5. The standard InChI is InChI=1S/C27H32N6O3/c1-17-7-5-9-24(18(17)2)31-25(34)16-32(15-22-8-6-12-36-22)26(35)11-10-23-19(3)30-27-21(13-28)14-29-33(27)20(23)4/h5,7,9,14,22H,6,8,10-12,15-16H2,1-4H3,(H,31,34). The zero-order chi connectivity index (χ0) is 25.8. The summed E-state index contributed by atoms with van der Waals surface area (Å²) >= 11 is 0. The predicted molar refractivity (Wildman–Crippen MR) is 136 cm³/mol. The normalized spacial score (nSPS) is 15.1. The summed E-state index contributed by atoms with van der Waals surface area (Å²) in [5.74, 6) is -0.343. The Balaban J connectivity index is 1.48. The molecule has 188 valence electrons. The Bertz CT molecular complexity index is 1330. The number of benzene rings is 1. The number of amides is 2. The highest BCUT2D eigenvalue weighted by Gasteiger charge is 2.25. The number of hydrogen-bond acceptors (Lipinski definition) is 6. The van der Waals surface area contributed by atoms with Gasteiger partial charge < -0.3 is 15.0 Å². The molecule has 0 radical (unpaired) electrons. The summed E-state index contributed by atoms with van der Waals surface area (Å²) in [6.07, 6.45) is 3.97. The second-order valence-electron chi connectivity index (χ2n) is 9.37. The Labute approximate surface area is 211 Å². The number of ether oxygens (including phenoxy) is 1. The minimum Gasteiger partial charge on any atom is -0.376 e. The molecular formula is C27H32N6O3. The van der Waals surface area contributed by atoms with Gasteiger partial charge in [0.15, 0.2) is 5.65 Å². The molecule has 9 nitrogen and oxygen atoms in total. The van der Waals surface area contributed by atoms with E-state index in [4.69, 9.17) is 4.74 Å². The number of fused-ring (bicyclic) bond motifs is 1. The van der Waals surface area contributed by atoms with Crippen LogP contribution >= 0.6 is 0 Å². The molecule has 1 aliphatic rings. The lowest BCUT2D eigenvalue weighted by molar-refractivity contribution is -0.136. The van der Waals surface area contributed by atoms with E-state index in [1.807, 2.05) is 45.9 Å². The highest BCUT2D eigenvalue weighted by Crippen LogP contribution is 2.21. The number of nitrogens with one attached hydrogen (secondary N) is 1. The Kier molecular flexibility index (Phi) is 7.65. The van der Waals surface area contributed by atoms with Gasteiger partial charge in [0.1, 0.15) is 11.6 Å². The van der Waals surface area contributed by atoms with Crippen LogP contribution in [0, 0.1) is 39.0 Å². The summed E-state index contributed by atoms with van der Waals surface area (Å²) in [5, 5.41) is 16.5. The molecule has 0 saturated carbocycles. The van der Waals surface area contributed by atoms with E-state index >= 15 is 0 Å². The van der Waals surface area contributed by atoms with Gasteiger partial charge in [-0.25, -0.2) is 9.50 Å². The van der Waals surface area contributed by atoms with E-state index in [1.165, 1.54) is 6.20 Å². The fourth-order valence-electron chi connectivity index (χ4n) is 4.68. The van der Waals surface area contributed by atoms with Crippen LogP contribution in [0.15, 0.2) is 24.4 Å². The topological polar surface area (TPSA) is 113 Å². The number of anilines is 1. The van der Waals surface area contributed by atoms with Crippen LogP contribution in [0.4, 0.5) is 5.69 Å². The quantitative estimate of drug-likeness (QED) is 0.520. The highest BCUT2D eigenvalue weighted by molar-refractivity contribution is 5.95. The zero-order valence-electron chi connectivity index (χ0n) is 21.3. The number of carbonyl (C=O) groups is 2. The number of rotatable bonds is 8. The van der Waals surface area contributed by atoms with E-state index in [2.05, 4.69) is 21.5 Å². The van der Waals surface area contributed by atoms with Crippen molar-refractivity contribution in [2.24, 2.45) is 0 Å². The van der Waals surface area contributed by atoms with Crippen LogP contribution in [0.1, 0.15) is 52.9 Å². The van der Waals surface area contributed by atoms with Crippen molar-refractivity contribution in [2.75, 3.05) is 25.0 Å². The van der Waals surface area contributed by atoms with Gasteiger partial charge in [-0.05, 0) is 69.7 Å². The molecule has 3 heterocycles. The van der Waals surface area contributed by atoms with Crippen LogP contribution in [0.2, 0.25) is 0 Å². The first-order valence-corrected chi connectivity index (χ1v) is 12.3. The summed E-state index contributed by atoms with van der Waals surface area (Å²) in [7, 11) is 0. The predicted octanol–water partition coefficient (Wildman–Crippen LogP) is 3.41. The lowest BCUT2D eigenvalue weighted by Crippen LogP contribution is -2.42. The maximum absolute atomic E-state index is 13.4. The van der Waals surface area contributed by atoms with Gasteiger partial charge in [-0.1, -0.05) is 12.1 Å². The molecule has 4 rings (SSSR count). The monoisotopic (exact) mass is 488 g/mol. The van der Waals surface area contributed by atoms with Crippen molar-refractivity contribution in [1.29, 1.82) is 5.26 Å². The zero-order valence-corrected chi connectivity index (χ0v) is 21.3. The van der Waals surface area contributed by atoms with Gasteiger partial charge in [-0.15, -0.1) is 0 Å². The first-order valence-electron chi connectivity index (χ1n) is 12.3. The van der Waals surface area contributed by atoms with Gasteiger partial charge in [0.05, 0.1) is 18.8 Å². The molecule has 1 N–H and O–H groups in total. The van der Waals surface area contributed by atoms with E-state index in [1.54, 1.807) is 9.42 Å². The molecule has 1 aromatic carbocycles. The first kappa shape index (κ1) is 25.3. The summed E-state index contributed by atoms with van der Waals surface area (Å²) < 4.78 is 7.40. The van der Waals surface area contributed by atoms with Gasteiger partial charge in [-0.2, -0.15) is 10.4 Å². The average Bonchev–Trinajstić information content (AvgIpc) is 3.51. The molecule has 2 amide bonds. The molecule has 1 aliphatic heterocycles. The molecule has 1 saturated heterocycles. The Morgan fingerprint density at radius 1 is 1.28 bits per heavy atom. The van der Waals surface area contributed by atoms with Gasteiger partial charge in [-0.3, -0.25) is 9.59 Å². The third-order valence-corrected chi connectivity index (χ3v) is 6.93. The minimum atomic E-state index is -0.230. The molecule has 36 heavy (non-hydrogen) atoms. The van der Waals surface area contributed by atoms with Gasteiger partial charge in [0.2, 0.25) is 11.8 Å². The SMILES string of the molecule is Cc1cccc(NC(=O)CN(CC2CCCO2)C(=O)CCc2c(C)nc3c(C#N)cnn3c2C)c1C. The molecule has 1 unspecified atom stereocenters. The van der Waals surface area contributed by atoms with E-state index in [0.29, 0.717) is 30.8 Å². The van der Waals surface area contributed by atoms with Gasteiger partial charge in [0, 0.05) is 36.6 Å². The maximum atomic E-state index is 13.4. The van der Waals surface area contributed by atoms with E-state index < -0.39 is 0 Å². The third kappa shape index (κ3) is 5.39. The number of aryl methyl sites for hydroxylation is 3. The molecule has 1 fully saturated rings. The Morgan fingerprint density at radius 3 is 2.81 bits per heavy atom. The lowest BCUT2D eigenvalue weighted by Gasteiger charge is -2.25. The van der Waals surface area contributed by atoms with E-state index in [0.717, 1.165) is 46.6 Å². The van der Waals surface area contributed by atoms with Crippen molar-refractivity contribution in [3.63, 3.8) is 0 Å². The molecule has 0 aliphatic carbocycles. The molecule has 3 aromatic rings. The second-order valence-corrected chi connectivity index (χ2v) is 9.37. The summed E-state index contributed by atoms with van der Waals surface area (Å²) in [6.45, 7) is 8.79. The van der Waals surface area contributed by atoms with Crippen LogP contribution in [0.5, 0.6) is 0 Å². The lowest BCUT2D eigenvalue weighted by atomic mass is 10.1. The van der Waals surface area contributed by atoms with Gasteiger partial charge in [0.25, 0.3) is 0 Å². The Hall–Kier alpha value is -3.77. The van der Waals surface area contributed by atoms with E-state index in [-0.39, 0.29) is 30.9 Å². The third-order valence-electron chi connectivity index (χ3n) is 6.93. The summed E-state index contributed by atoms with van der Waals surface area (Å²) in [6, 6.07) is 7.88. The average molecular weight is 489 g/mol. The van der Waals surface area contributed by atoms with Crippen LogP contribution in [0.3, 0.4) is 0 Å². The van der Waals surface area contributed by atoms with Crippen molar-refractivity contribution >= 4 is 23.1 Å². The number of nitrogens with zero attached hydrogens (tertiary/aromatic N) is 5. The van der Waals surface area contributed by atoms with Crippen LogP contribution in [0.25, 0.3) is 5.65 Å². The molecule has 0 spiro atoms. The molecule has 1 atom stereocenters. The van der Waals surface area contributed by atoms with Crippen molar-refractivity contribution in [3.8, 4) is 6.07 Å². The second kappa shape index (κ2) is 10.9. The van der Waals surface area contributed by atoms with Crippen LogP contribution in [-0.4, -0.2) is 57.1 Å². The summed E-state index contributed by atoms with van der Waals surface area (Å²) in [4.78, 5) is 32.4. The minimum absolute atomic E-state index is 0.0357. The number of aromatic nitrogens is 3. The van der Waals surface area contributed by atoms with Crippen LogP contribution in [-0.2, 0) is 20.7 Å². The molecular weight excluding hydrogens is 456 g/mol. The fraction of sp³-hybridized carbons (Fsp3) is 0.444. The number of hydrogen-bond donors (Lipinski definition) is 1. The van der Waals surface area contributed by atoms with Crippen molar-refractivity contribution in [3.05, 3.63) is 58.0 Å². The van der Waals surface area contributed by atoms with Crippen molar-refractivity contribution in [1.82, 2.24) is 19.5 Å². The van der Waals surface area contributed by atoms with Gasteiger partial charge >= 0.3 is 0 Å². The largest absolute Gasteiger partial charge is 0.376 e. The summed E-state index contributed by atoms with van der Waals surface area (Å²) in [5.41, 5.74) is 6.33. The smallest absolute Gasteiger partial charge is 0.244 e. The van der Waals surface area contributed by atoms with E-state index in [9.17, 15) is 14.9 Å². The number of carbonyl (C=O) groups excluding carboxylic acids is 2. The Morgan fingerprint density at radius 2 is 2.08 bits per heavy atom.